The summed E-state index contributed by atoms with van der Waals surface area (Å²) in [7, 11) is 1.59. The van der Waals surface area contributed by atoms with E-state index >= 15 is 0 Å². The topological polar surface area (TPSA) is 53.9 Å². The minimum absolute atomic E-state index is 0.0841. The molecule has 1 amide bonds. The van der Waals surface area contributed by atoms with Crippen molar-refractivity contribution < 1.29 is 9.53 Å². The Morgan fingerprint density at radius 1 is 1.64 bits per heavy atom. The van der Waals surface area contributed by atoms with E-state index in [1.807, 2.05) is 4.90 Å². The van der Waals surface area contributed by atoms with Crippen molar-refractivity contribution in [3.8, 4) is 0 Å². The predicted octanol–water partition coefficient (Wildman–Crippen LogP) is -1.11. The Kier molecular flexibility index (Phi) is 2.52. The van der Waals surface area contributed by atoms with Crippen molar-refractivity contribution in [2.45, 2.75) is 5.54 Å². The molecule has 2 aliphatic rings. The molecule has 0 spiro atoms. The van der Waals surface area contributed by atoms with Gasteiger partial charge in [0.15, 0.2) is 5.54 Å². The second kappa shape index (κ2) is 3.67. The summed E-state index contributed by atoms with van der Waals surface area (Å²) in [6.45, 7) is 3.65. The van der Waals surface area contributed by atoms with Crippen LogP contribution in [-0.4, -0.2) is 62.5 Å². The van der Waals surface area contributed by atoms with Gasteiger partial charge in [-0.25, -0.2) is 0 Å². The molecule has 0 aromatic rings. The molecule has 78 valence electrons. The zero-order valence-electron chi connectivity index (χ0n) is 8.32. The van der Waals surface area contributed by atoms with Crippen molar-refractivity contribution in [1.29, 1.82) is 0 Å². The molecular weight excluding hydrogens is 182 g/mol. The molecule has 5 heteroatoms. The van der Waals surface area contributed by atoms with E-state index in [0.717, 1.165) is 26.2 Å². The monoisotopic (exact) mass is 197 g/mol. The van der Waals surface area contributed by atoms with E-state index in [-0.39, 0.29) is 5.91 Å². The molecule has 0 saturated carbocycles. The first kappa shape index (κ1) is 9.61. The third-order valence-electron chi connectivity index (χ3n) is 2.58. The largest absolute Gasteiger partial charge is 0.381 e. The van der Waals surface area contributed by atoms with Gasteiger partial charge >= 0.3 is 0 Å². The number of ether oxygens (including phenoxy) is 1. The van der Waals surface area contributed by atoms with E-state index in [1.54, 1.807) is 13.3 Å². The first-order chi connectivity index (χ1) is 6.78. The van der Waals surface area contributed by atoms with Gasteiger partial charge in [0.2, 0.25) is 0 Å². The van der Waals surface area contributed by atoms with Crippen LogP contribution in [0.5, 0.6) is 0 Å². The highest BCUT2D eigenvalue weighted by atomic mass is 16.5. The van der Waals surface area contributed by atoms with Gasteiger partial charge in [-0.3, -0.25) is 9.79 Å². The van der Waals surface area contributed by atoms with Crippen molar-refractivity contribution in [3.05, 3.63) is 0 Å². The molecule has 0 aliphatic carbocycles. The molecular formula is C9H15N3O2. The molecule has 1 N–H and O–H groups in total. The zero-order valence-corrected chi connectivity index (χ0v) is 8.32. The Bertz CT molecular complexity index is 253. The molecule has 0 unspecified atom stereocenters. The molecule has 2 rings (SSSR count). The number of hydrogen-bond acceptors (Lipinski definition) is 4. The Morgan fingerprint density at radius 3 is 2.79 bits per heavy atom. The standard InChI is InChI=1S/C9H15N3O2/c1-14-7-9(6-11-9)8(13)12-4-2-10-3-5-12/h6,10H,2-5,7H2,1H3/t9-/m0/s1. The molecule has 1 atom stereocenters. The van der Waals surface area contributed by atoms with Crippen molar-refractivity contribution in [2.75, 3.05) is 39.9 Å². The number of carbonyl (C=O) groups excluding carboxylic acids is 1. The van der Waals surface area contributed by atoms with E-state index < -0.39 is 5.54 Å². The van der Waals surface area contributed by atoms with Crippen molar-refractivity contribution in [2.24, 2.45) is 4.99 Å². The van der Waals surface area contributed by atoms with Crippen molar-refractivity contribution >= 4 is 12.1 Å². The Labute approximate surface area is 83.1 Å². The van der Waals surface area contributed by atoms with E-state index in [4.69, 9.17) is 4.74 Å². The maximum atomic E-state index is 12.0. The quantitative estimate of drug-likeness (QED) is 0.624. The zero-order chi connectivity index (χ0) is 10.0. The fourth-order valence-electron chi connectivity index (χ4n) is 1.69. The summed E-state index contributed by atoms with van der Waals surface area (Å²) in [6.07, 6.45) is 1.68. The van der Waals surface area contributed by atoms with Crippen LogP contribution < -0.4 is 5.32 Å². The van der Waals surface area contributed by atoms with Gasteiger partial charge in [-0.05, 0) is 0 Å². The summed E-state index contributed by atoms with van der Waals surface area (Å²) in [4.78, 5) is 17.9. The highest BCUT2D eigenvalue weighted by Gasteiger charge is 2.47. The number of carbonyl (C=O) groups is 1. The summed E-state index contributed by atoms with van der Waals surface area (Å²) in [5, 5.41) is 3.21. The first-order valence-corrected chi connectivity index (χ1v) is 4.84. The average Bonchev–Trinajstić information content (AvgIpc) is 3.00. The second-order valence-electron chi connectivity index (χ2n) is 3.66. The van der Waals surface area contributed by atoms with E-state index in [2.05, 4.69) is 10.3 Å². The third-order valence-corrected chi connectivity index (χ3v) is 2.58. The van der Waals surface area contributed by atoms with Crippen LogP contribution in [0.2, 0.25) is 0 Å². The van der Waals surface area contributed by atoms with E-state index in [1.165, 1.54) is 0 Å². The highest BCUT2D eigenvalue weighted by molar-refractivity contribution is 6.12. The lowest BCUT2D eigenvalue weighted by Gasteiger charge is -2.29. The van der Waals surface area contributed by atoms with Gasteiger partial charge in [0.05, 0.1) is 6.61 Å². The van der Waals surface area contributed by atoms with Crippen LogP contribution in [0.25, 0.3) is 0 Å². The van der Waals surface area contributed by atoms with Crippen LogP contribution in [-0.2, 0) is 9.53 Å². The Morgan fingerprint density at radius 2 is 2.29 bits per heavy atom. The molecule has 5 nitrogen and oxygen atoms in total. The van der Waals surface area contributed by atoms with Gasteiger partial charge in [0, 0.05) is 39.5 Å². The predicted molar refractivity (Wildman–Crippen MR) is 52.5 cm³/mol. The van der Waals surface area contributed by atoms with Crippen molar-refractivity contribution in [1.82, 2.24) is 10.2 Å². The van der Waals surface area contributed by atoms with Gasteiger partial charge in [-0.1, -0.05) is 0 Å². The molecule has 0 aromatic carbocycles. The van der Waals surface area contributed by atoms with Crippen LogP contribution in [0.4, 0.5) is 0 Å². The maximum absolute atomic E-state index is 12.0. The third kappa shape index (κ3) is 1.65. The van der Waals surface area contributed by atoms with Gasteiger partial charge in [0.25, 0.3) is 5.91 Å². The molecule has 0 radical (unpaired) electrons. The number of amides is 1. The number of methoxy groups -OCH3 is 1. The summed E-state index contributed by atoms with van der Waals surface area (Å²) >= 11 is 0. The molecule has 1 saturated heterocycles. The Hall–Kier alpha value is -0.940. The molecule has 0 aromatic heterocycles. The van der Waals surface area contributed by atoms with Crippen LogP contribution in [0.1, 0.15) is 0 Å². The lowest BCUT2D eigenvalue weighted by Crippen LogP contribution is -2.52. The minimum Gasteiger partial charge on any atom is -0.381 e. The molecule has 2 aliphatic heterocycles. The normalized spacial score (nSPS) is 30.5. The lowest BCUT2D eigenvalue weighted by molar-refractivity contribution is -0.135. The van der Waals surface area contributed by atoms with Crippen LogP contribution >= 0.6 is 0 Å². The number of piperazine rings is 1. The fraction of sp³-hybridized carbons (Fsp3) is 0.778. The lowest BCUT2D eigenvalue weighted by atomic mass is 10.1. The summed E-state index contributed by atoms with van der Waals surface area (Å²) in [5.74, 6) is 0.0841. The van der Waals surface area contributed by atoms with E-state index in [9.17, 15) is 4.79 Å². The molecule has 2 heterocycles. The van der Waals surface area contributed by atoms with Gasteiger partial charge in [-0.2, -0.15) is 0 Å². The summed E-state index contributed by atoms with van der Waals surface area (Å²) < 4.78 is 4.99. The number of aliphatic imine (C=N–C) groups is 1. The van der Waals surface area contributed by atoms with Gasteiger partial charge in [-0.15, -0.1) is 0 Å². The van der Waals surface area contributed by atoms with Crippen LogP contribution in [0, 0.1) is 0 Å². The maximum Gasteiger partial charge on any atom is 0.258 e. The number of rotatable bonds is 3. The molecule has 1 fully saturated rings. The Balaban J connectivity index is 1.93. The number of nitrogens with zero attached hydrogens (tertiary/aromatic N) is 2. The fourth-order valence-corrected chi connectivity index (χ4v) is 1.69. The average molecular weight is 197 g/mol. The number of nitrogens with one attached hydrogen (secondary N) is 1. The van der Waals surface area contributed by atoms with Crippen LogP contribution in [0.15, 0.2) is 4.99 Å². The second-order valence-corrected chi connectivity index (χ2v) is 3.66. The van der Waals surface area contributed by atoms with Crippen LogP contribution in [0.3, 0.4) is 0 Å². The molecule has 14 heavy (non-hydrogen) atoms. The SMILES string of the molecule is COC[C@]1(C(=O)N2CCNCC2)C=N1. The highest BCUT2D eigenvalue weighted by Crippen LogP contribution is 2.23. The van der Waals surface area contributed by atoms with E-state index in [0.29, 0.717) is 6.61 Å². The first-order valence-electron chi connectivity index (χ1n) is 4.84. The summed E-state index contributed by atoms with van der Waals surface area (Å²) in [6, 6.07) is 0. The van der Waals surface area contributed by atoms with Crippen molar-refractivity contribution in [3.63, 3.8) is 0 Å². The minimum atomic E-state index is -0.647. The molecule has 0 bridgehead atoms. The van der Waals surface area contributed by atoms with Gasteiger partial charge < -0.3 is 15.0 Å². The summed E-state index contributed by atoms with van der Waals surface area (Å²) in [5.41, 5.74) is -0.647. The number of hydrogen-bond donors (Lipinski definition) is 1. The smallest absolute Gasteiger partial charge is 0.258 e. The van der Waals surface area contributed by atoms with Gasteiger partial charge in [0.1, 0.15) is 0 Å².